The molecule has 4 nitrogen and oxygen atoms in total. The van der Waals surface area contributed by atoms with Gasteiger partial charge in [0.2, 0.25) is 0 Å². The lowest BCUT2D eigenvalue weighted by atomic mass is 9.83. The first kappa shape index (κ1) is 11.7. The molecule has 2 fully saturated rings. The van der Waals surface area contributed by atoms with Crippen LogP contribution in [-0.2, 0) is 19.4 Å². The van der Waals surface area contributed by atoms with Crippen molar-refractivity contribution in [1.82, 2.24) is 15.0 Å². The van der Waals surface area contributed by atoms with Gasteiger partial charge in [0.25, 0.3) is 0 Å². The van der Waals surface area contributed by atoms with Gasteiger partial charge in [0.1, 0.15) is 0 Å². The Labute approximate surface area is 108 Å². The molecule has 0 amide bonds. The van der Waals surface area contributed by atoms with Gasteiger partial charge in [-0.25, -0.2) is 4.68 Å². The zero-order valence-electron chi connectivity index (χ0n) is 10.8. The minimum atomic E-state index is 0.408. The van der Waals surface area contributed by atoms with Crippen LogP contribution in [0.15, 0.2) is 0 Å². The molecule has 0 bridgehead atoms. The van der Waals surface area contributed by atoms with Crippen molar-refractivity contribution in [2.75, 3.05) is 0 Å². The number of hydrogen-bond donors (Lipinski definition) is 0. The highest BCUT2D eigenvalue weighted by Crippen LogP contribution is 2.34. The summed E-state index contributed by atoms with van der Waals surface area (Å²) in [6.07, 6.45) is 9.55. The molecule has 1 aromatic rings. The molecule has 96 valence electrons. The summed E-state index contributed by atoms with van der Waals surface area (Å²) < 4.78 is 2.07. The molecule has 1 heterocycles. The second kappa shape index (κ2) is 5.09. The minimum absolute atomic E-state index is 0.408. The summed E-state index contributed by atoms with van der Waals surface area (Å²) in [6, 6.07) is 2.20. The lowest BCUT2D eigenvalue weighted by Gasteiger charge is -2.25. The van der Waals surface area contributed by atoms with E-state index in [0.29, 0.717) is 6.42 Å². The topological polar surface area (TPSA) is 54.5 Å². The Hall–Kier alpha value is -1.37. The Morgan fingerprint density at radius 2 is 2.06 bits per heavy atom. The average Bonchev–Trinajstić information content (AvgIpc) is 3.04. The first-order chi connectivity index (χ1) is 8.86. The van der Waals surface area contributed by atoms with Crippen molar-refractivity contribution in [3.05, 3.63) is 11.4 Å². The van der Waals surface area contributed by atoms with Crippen molar-refractivity contribution < 1.29 is 0 Å². The van der Waals surface area contributed by atoms with E-state index in [2.05, 4.69) is 21.1 Å². The molecule has 0 atom stereocenters. The average molecular weight is 244 g/mol. The third kappa shape index (κ3) is 2.55. The van der Waals surface area contributed by atoms with Crippen LogP contribution in [0.4, 0.5) is 0 Å². The lowest BCUT2D eigenvalue weighted by molar-refractivity contribution is 0.275. The fourth-order valence-electron chi connectivity index (χ4n) is 2.67. The molecule has 18 heavy (non-hydrogen) atoms. The normalized spacial score (nSPS) is 19.5. The molecular formula is C14H20N4. The molecule has 0 radical (unpaired) electrons. The molecule has 3 rings (SSSR count). The fraction of sp³-hybridized carbons (Fsp3) is 0.786. The van der Waals surface area contributed by atoms with Crippen LogP contribution in [0.25, 0.3) is 0 Å². The summed E-state index contributed by atoms with van der Waals surface area (Å²) in [7, 11) is 0. The number of nitriles is 1. The van der Waals surface area contributed by atoms with Crippen LogP contribution in [0.5, 0.6) is 0 Å². The van der Waals surface area contributed by atoms with Gasteiger partial charge in [0.15, 0.2) is 0 Å². The Bertz CT molecular complexity index is 449. The molecule has 2 saturated carbocycles. The standard InChI is InChI=1S/C14H20N4/c15-8-6-13-14(10-12-4-5-12)18(17-16-13)9-7-11-2-1-3-11/h11-12H,1-7,9-10H2. The number of aryl methyl sites for hydroxylation is 1. The highest BCUT2D eigenvalue weighted by Gasteiger charge is 2.26. The second-order valence-corrected chi connectivity index (χ2v) is 5.77. The van der Waals surface area contributed by atoms with Gasteiger partial charge >= 0.3 is 0 Å². The van der Waals surface area contributed by atoms with Gasteiger partial charge in [-0.1, -0.05) is 24.5 Å². The molecule has 0 aliphatic heterocycles. The molecule has 2 aliphatic rings. The number of nitrogens with zero attached hydrogens (tertiary/aromatic N) is 4. The molecule has 1 aromatic heterocycles. The zero-order chi connectivity index (χ0) is 12.4. The van der Waals surface area contributed by atoms with Crippen LogP contribution in [0.2, 0.25) is 0 Å². The molecule has 0 aromatic carbocycles. The van der Waals surface area contributed by atoms with Crippen molar-refractivity contribution in [3.63, 3.8) is 0 Å². The van der Waals surface area contributed by atoms with Crippen LogP contribution in [0.3, 0.4) is 0 Å². The predicted molar refractivity (Wildman–Crippen MR) is 67.7 cm³/mol. The summed E-state index contributed by atoms with van der Waals surface area (Å²) in [6.45, 7) is 0.991. The molecule has 0 unspecified atom stereocenters. The number of rotatable bonds is 6. The van der Waals surface area contributed by atoms with Gasteiger partial charge in [-0.05, 0) is 37.5 Å². The van der Waals surface area contributed by atoms with Gasteiger partial charge in [-0.15, -0.1) is 5.10 Å². The summed E-state index contributed by atoms with van der Waals surface area (Å²) in [5.74, 6) is 1.73. The summed E-state index contributed by atoms with van der Waals surface area (Å²) in [5, 5.41) is 17.3. The Morgan fingerprint density at radius 1 is 1.22 bits per heavy atom. The molecular weight excluding hydrogens is 224 g/mol. The smallest absolute Gasteiger partial charge is 0.0999 e. The third-order valence-electron chi connectivity index (χ3n) is 4.32. The van der Waals surface area contributed by atoms with Gasteiger partial charge < -0.3 is 0 Å². The maximum Gasteiger partial charge on any atom is 0.0999 e. The van der Waals surface area contributed by atoms with Gasteiger partial charge in [-0.3, -0.25) is 0 Å². The predicted octanol–water partition coefficient (Wildman–Crippen LogP) is 2.49. The largest absolute Gasteiger partial charge is 0.249 e. The van der Waals surface area contributed by atoms with E-state index in [4.69, 9.17) is 5.26 Å². The maximum atomic E-state index is 8.84. The highest BCUT2D eigenvalue weighted by molar-refractivity contribution is 5.16. The zero-order valence-corrected chi connectivity index (χ0v) is 10.8. The van der Waals surface area contributed by atoms with Crippen molar-refractivity contribution in [3.8, 4) is 6.07 Å². The van der Waals surface area contributed by atoms with E-state index in [1.54, 1.807) is 0 Å². The van der Waals surface area contributed by atoms with Crippen molar-refractivity contribution in [2.45, 2.75) is 57.9 Å². The molecule has 4 heteroatoms. The Morgan fingerprint density at radius 3 is 2.67 bits per heavy atom. The third-order valence-corrected chi connectivity index (χ3v) is 4.32. The molecule has 0 N–H and O–H groups in total. The van der Waals surface area contributed by atoms with Crippen LogP contribution in [-0.4, -0.2) is 15.0 Å². The van der Waals surface area contributed by atoms with E-state index in [1.165, 1.54) is 44.2 Å². The summed E-state index contributed by atoms with van der Waals surface area (Å²) in [4.78, 5) is 0. The van der Waals surface area contributed by atoms with E-state index in [9.17, 15) is 0 Å². The first-order valence-electron chi connectivity index (χ1n) is 7.15. The minimum Gasteiger partial charge on any atom is -0.249 e. The van der Waals surface area contributed by atoms with E-state index in [1.807, 2.05) is 0 Å². The van der Waals surface area contributed by atoms with E-state index in [0.717, 1.165) is 30.5 Å². The first-order valence-corrected chi connectivity index (χ1v) is 7.15. The second-order valence-electron chi connectivity index (χ2n) is 5.77. The van der Waals surface area contributed by atoms with Gasteiger partial charge in [-0.2, -0.15) is 5.26 Å². The van der Waals surface area contributed by atoms with E-state index in [-0.39, 0.29) is 0 Å². The monoisotopic (exact) mass is 244 g/mol. The van der Waals surface area contributed by atoms with Crippen molar-refractivity contribution >= 4 is 0 Å². The molecule has 2 aliphatic carbocycles. The Balaban J connectivity index is 1.67. The van der Waals surface area contributed by atoms with Crippen molar-refractivity contribution in [2.24, 2.45) is 11.8 Å². The van der Waals surface area contributed by atoms with Gasteiger partial charge in [0.05, 0.1) is 23.9 Å². The van der Waals surface area contributed by atoms with E-state index < -0.39 is 0 Å². The van der Waals surface area contributed by atoms with Crippen LogP contribution >= 0.6 is 0 Å². The highest BCUT2D eigenvalue weighted by atomic mass is 15.4. The summed E-state index contributed by atoms with van der Waals surface area (Å²) >= 11 is 0. The quantitative estimate of drug-likeness (QED) is 0.772. The fourth-order valence-corrected chi connectivity index (χ4v) is 2.67. The number of hydrogen-bond acceptors (Lipinski definition) is 3. The summed E-state index contributed by atoms with van der Waals surface area (Å²) in [5.41, 5.74) is 2.15. The molecule has 0 saturated heterocycles. The number of aromatic nitrogens is 3. The molecule has 0 spiro atoms. The Kier molecular flexibility index (Phi) is 3.31. The van der Waals surface area contributed by atoms with Crippen molar-refractivity contribution in [1.29, 1.82) is 5.26 Å². The van der Waals surface area contributed by atoms with Crippen LogP contribution < -0.4 is 0 Å². The van der Waals surface area contributed by atoms with Crippen LogP contribution in [0.1, 0.15) is 49.9 Å². The van der Waals surface area contributed by atoms with Gasteiger partial charge in [0, 0.05) is 6.54 Å². The maximum absolute atomic E-state index is 8.84. The van der Waals surface area contributed by atoms with Crippen LogP contribution in [0, 0.1) is 23.2 Å². The lowest BCUT2D eigenvalue weighted by Crippen LogP contribution is -2.16. The SMILES string of the molecule is N#CCc1nnn(CCC2CCC2)c1CC1CC1. The van der Waals surface area contributed by atoms with E-state index >= 15 is 0 Å².